The maximum atomic E-state index is 4.67. The first kappa shape index (κ1) is 14.1. The number of aryl methyl sites for hydroxylation is 2. The zero-order valence-electron chi connectivity index (χ0n) is 12.1. The van der Waals surface area contributed by atoms with E-state index in [9.17, 15) is 0 Å². The third kappa shape index (κ3) is 2.93. The minimum absolute atomic E-state index is 0.736. The fourth-order valence-corrected chi connectivity index (χ4v) is 2.89. The summed E-state index contributed by atoms with van der Waals surface area (Å²) in [6, 6.07) is 10.2. The molecule has 0 atom stereocenters. The Balaban J connectivity index is 1.83. The average molecular weight is 345 g/mol. The van der Waals surface area contributed by atoms with Crippen molar-refractivity contribution < 1.29 is 0 Å². The fourth-order valence-electron chi connectivity index (χ4n) is 2.42. The van der Waals surface area contributed by atoms with E-state index in [-0.39, 0.29) is 0 Å². The molecule has 0 radical (unpaired) electrons. The Kier molecular flexibility index (Phi) is 3.92. The van der Waals surface area contributed by atoms with Crippen LogP contribution in [0.1, 0.15) is 18.2 Å². The molecule has 2 heterocycles. The Morgan fingerprint density at radius 2 is 2.10 bits per heavy atom. The molecule has 0 aliphatic heterocycles. The molecule has 0 aliphatic rings. The summed E-state index contributed by atoms with van der Waals surface area (Å²) < 4.78 is 2.87. The molecular formula is C16H17BrN4. The number of aromatic nitrogens is 3. The van der Waals surface area contributed by atoms with Crippen molar-refractivity contribution >= 4 is 32.7 Å². The summed E-state index contributed by atoms with van der Waals surface area (Å²) in [4.78, 5) is 4.67. The molecule has 0 spiro atoms. The van der Waals surface area contributed by atoms with Crippen LogP contribution < -0.4 is 5.32 Å². The van der Waals surface area contributed by atoms with E-state index in [0.717, 1.165) is 39.9 Å². The minimum atomic E-state index is 0.736. The highest BCUT2D eigenvalue weighted by molar-refractivity contribution is 9.10. The second kappa shape index (κ2) is 5.85. The van der Waals surface area contributed by atoms with E-state index >= 15 is 0 Å². The molecule has 0 aliphatic carbocycles. The smallest absolute Gasteiger partial charge is 0.126 e. The molecule has 108 valence electrons. The molecule has 5 heteroatoms. The van der Waals surface area contributed by atoms with Crippen LogP contribution in [0.3, 0.4) is 0 Å². The summed E-state index contributed by atoms with van der Waals surface area (Å²) in [5, 5.41) is 8.97. The van der Waals surface area contributed by atoms with Gasteiger partial charge >= 0.3 is 0 Å². The van der Waals surface area contributed by atoms with Crippen LogP contribution in [0.25, 0.3) is 10.9 Å². The van der Waals surface area contributed by atoms with Gasteiger partial charge in [-0.15, -0.1) is 0 Å². The van der Waals surface area contributed by atoms with Gasteiger partial charge in [0.1, 0.15) is 5.82 Å². The van der Waals surface area contributed by atoms with Crippen LogP contribution in [0.4, 0.5) is 5.82 Å². The number of pyridine rings is 1. The first-order valence-corrected chi connectivity index (χ1v) is 7.77. The second-order valence-corrected chi connectivity index (χ2v) is 5.84. The van der Waals surface area contributed by atoms with Crippen LogP contribution in [0, 0.1) is 0 Å². The van der Waals surface area contributed by atoms with Gasteiger partial charge in [-0.1, -0.05) is 19.1 Å². The molecule has 0 bridgehead atoms. The second-order valence-electron chi connectivity index (χ2n) is 4.99. The summed E-state index contributed by atoms with van der Waals surface area (Å²) in [6.45, 7) is 2.86. The van der Waals surface area contributed by atoms with Gasteiger partial charge in [-0.2, -0.15) is 5.10 Å². The summed E-state index contributed by atoms with van der Waals surface area (Å²) in [6.07, 6.45) is 3.00. The van der Waals surface area contributed by atoms with E-state index in [1.807, 2.05) is 29.9 Å². The molecule has 1 aromatic carbocycles. The predicted molar refractivity (Wildman–Crippen MR) is 89.4 cm³/mol. The van der Waals surface area contributed by atoms with E-state index in [2.05, 4.69) is 56.6 Å². The fraction of sp³-hybridized carbons (Fsp3) is 0.250. The first-order chi connectivity index (χ1) is 10.2. The SMILES string of the molecule is CCc1nn(C)cc1CNc1ccc2cccc(Br)c2n1. The molecule has 21 heavy (non-hydrogen) atoms. The van der Waals surface area contributed by atoms with Gasteiger partial charge in [0.05, 0.1) is 11.2 Å². The minimum Gasteiger partial charge on any atom is -0.366 e. The van der Waals surface area contributed by atoms with Gasteiger partial charge in [0.25, 0.3) is 0 Å². The van der Waals surface area contributed by atoms with E-state index < -0.39 is 0 Å². The van der Waals surface area contributed by atoms with Crippen LogP contribution >= 0.6 is 15.9 Å². The van der Waals surface area contributed by atoms with Crippen molar-refractivity contribution in [1.82, 2.24) is 14.8 Å². The number of hydrogen-bond acceptors (Lipinski definition) is 3. The highest BCUT2D eigenvalue weighted by Gasteiger charge is 2.06. The number of anilines is 1. The molecule has 0 fully saturated rings. The van der Waals surface area contributed by atoms with Gasteiger partial charge in [0, 0.05) is 35.2 Å². The lowest BCUT2D eigenvalue weighted by atomic mass is 10.2. The van der Waals surface area contributed by atoms with Gasteiger partial charge in [-0.25, -0.2) is 4.98 Å². The summed E-state index contributed by atoms with van der Waals surface area (Å²) >= 11 is 3.55. The molecule has 3 rings (SSSR count). The Bertz CT molecular complexity index is 779. The van der Waals surface area contributed by atoms with Crippen molar-refractivity contribution in [3.8, 4) is 0 Å². The van der Waals surface area contributed by atoms with Gasteiger partial charge in [-0.3, -0.25) is 4.68 Å². The number of para-hydroxylation sites is 1. The van der Waals surface area contributed by atoms with Crippen molar-refractivity contribution in [2.24, 2.45) is 7.05 Å². The van der Waals surface area contributed by atoms with Crippen LogP contribution in [0.5, 0.6) is 0 Å². The van der Waals surface area contributed by atoms with Crippen molar-refractivity contribution in [2.75, 3.05) is 5.32 Å². The Morgan fingerprint density at radius 3 is 2.90 bits per heavy atom. The molecule has 0 amide bonds. The number of rotatable bonds is 4. The number of benzene rings is 1. The Morgan fingerprint density at radius 1 is 1.24 bits per heavy atom. The summed E-state index contributed by atoms with van der Waals surface area (Å²) in [5.74, 6) is 0.875. The molecule has 4 nitrogen and oxygen atoms in total. The highest BCUT2D eigenvalue weighted by atomic mass is 79.9. The number of nitrogens with one attached hydrogen (secondary N) is 1. The summed E-state index contributed by atoms with van der Waals surface area (Å²) in [5.41, 5.74) is 3.32. The van der Waals surface area contributed by atoms with E-state index in [1.54, 1.807) is 0 Å². The zero-order valence-corrected chi connectivity index (χ0v) is 13.7. The van der Waals surface area contributed by atoms with Gasteiger partial charge in [0.2, 0.25) is 0 Å². The monoisotopic (exact) mass is 344 g/mol. The van der Waals surface area contributed by atoms with Crippen molar-refractivity contribution in [1.29, 1.82) is 0 Å². The Hall–Kier alpha value is -1.88. The third-order valence-corrected chi connectivity index (χ3v) is 4.10. The van der Waals surface area contributed by atoms with E-state index in [0.29, 0.717) is 0 Å². The lowest BCUT2D eigenvalue weighted by Gasteiger charge is -2.07. The van der Waals surface area contributed by atoms with Crippen LogP contribution in [0.15, 0.2) is 41.0 Å². The lowest BCUT2D eigenvalue weighted by Crippen LogP contribution is -2.02. The number of halogens is 1. The van der Waals surface area contributed by atoms with Gasteiger partial charge in [0.15, 0.2) is 0 Å². The molecule has 1 N–H and O–H groups in total. The predicted octanol–water partition coefficient (Wildman–Crippen LogP) is 3.91. The number of hydrogen-bond donors (Lipinski definition) is 1. The molecule has 0 saturated carbocycles. The largest absolute Gasteiger partial charge is 0.366 e. The lowest BCUT2D eigenvalue weighted by molar-refractivity contribution is 0.746. The molecule has 0 unspecified atom stereocenters. The normalized spacial score (nSPS) is 11.0. The number of nitrogens with zero attached hydrogens (tertiary/aromatic N) is 3. The first-order valence-electron chi connectivity index (χ1n) is 6.98. The Labute approximate surface area is 132 Å². The number of fused-ring (bicyclic) bond motifs is 1. The van der Waals surface area contributed by atoms with Gasteiger partial charge in [-0.05, 0) is 40.5 Å². The van der Waals surface area contributed by atoms with Gasteiger partial charge < -0.3 is 5.32 Å². The van der Waals surface area contributed by atoms with Crippen molar-refractivity contribution in [2.45, 2.75) is 19.9 Å². The highest BCUT2D eigenvalue weighted by Crippen LogP contribution is 2.23. The van der Waals surface area contributed by atoms with E-state index in [4.69, 9.17) is 0 Å². The average Bonchev–Trinajstić information content (AvgIpc) is 2.86. The summed E-state index contributed by atoms with van der Waals surface area (Å²) in [7, 11) is 1.95. The quantitative estimate of drug-likeness (QED) is 0.780. The zero-order chi connectivity index (χ0) is 14.8. The maximum absolute atomic E-state index is 4.67. The molecule has 0 saturated heterocycles. The molecule has 3 aromatic rings. The van der Waals surface area contributed by atoms with Crippen molar-refractivity contribution in [3.05, 3.63) is 52.3 Å². The van der Waals surface area contributed by atoms with E-state index in [1.165, 1.54) is 5.56 Å². The maximum Gasteiger partial charge on any atom is 0.126 e. The third-order valence-electron chi connectivity index (χ3n) is 3.46. The van der Waals surface area contributed by atoms with Crippen LogP contribution in [-0.2, 0) is 20.0 Å². The van der Waals surface area contributed by atoms with Crippen LogP contribution in [-0.4, -0.2) is 14.8 Å². The topological polar surface area (TPSA) is 42.7 Å². The molecular weight excluding hydrogens is 328 g/mol. The molecule has 2 aromatic heterocycles. The standard InChI is InChI=1S/C16H17BrN4/c1-3-14-12(10-21(2)20-14)9-18-15-8-7-11-5-4-6-13(17)16(11)19-15/h4-8,10H,3,9H2,1-2H3,(H,18,19). The van der Waals surface area contributed by atoms with Crippen LogP contribution in [0.2, 0.25) is 0 Å². The van der Waals surface area contributed by atoms with Crippen molar-refractivity contribution in [3.63, 3.8) is 0 Å².